The van der Waals surface area contributed by atoms with Crippen LogP contribution in [0.4, 0.5) is 0 Å². The number of nitrogens with zero attached hydrogens (tertiary/aromatic N) is 3. The van der Waals surface area contributed by atoms with Crippen molar-refractivity contribution in [2.45, 2.75) is 38.6 Å². The lowest BCUT2D eigenvalue weighted by Gasteiger charge is -2.27. The molecular formula is C23H25N3O4. The molecule has 1 spiro atoms. The van der Waals surface area contributed by atoms with Gasteiger partial charge in [-0.05, 0) is 30.5 Å². The Morgan fingerprint density at radius 3 is 2.87 bits per heavy atom. The van der Waals surface area contributed by atoms with Crippen molar-refractivity contribution < 1.29 is 18.8 Å². The van der Waals surface area contributed by atoms with Gasteiger partial charge >= 0.3 is 0 Å². The van der Waals surface area contributed by atoms with E-state index >= 15 is 0 Å². The zero-order valence-corrected chi connectivity index (χ0v) is 17.4. The average molecular weight is 407 g/mol. The number of ether oxygens (including phenoxy) is 1. The SMILES string of the molecule is Cc1ccc(CN2C[C@]34C=C[C@H](O3)[C@@H](C(=O)N(C)Cc3ccon3)[C@@H]4C2=O)cc1C. The maximum absolute atomic E-state index is 13.4. The molecule has 0 radical (unpaired) electrons. The molecule has 3 aliphatic rings. The lowest BCUT2D eigenvalue weighted by molar-refractivity contribution is -0.143. The van der Waals surface area contributed by atoms with Crippen LogP contribution in [-0.4, -0.2) is 52.1 Å². The van der Waals surface area contributed by atoms with Gasteiger partial charge in [0.2, 0.25) is 11.8 Å². The fourth-order valence-electron chi connectivity index (χ4n) is 5.01. The molecule has 2 aromatic rings. The number of carbonyl (C=O) groups excluding carboxylic acids is 2. The molecule has 4 atom stereocenters. The molecule has 1 aromatic carbocycles. The Morgan fingerprint density at radius 2 is 2.13 bits per heavy atom. The van der Waals surface area contributed by atoms with Gasteiger partial charge in [-0.1, -0.05) is 35.5 Å². The molecule has 7 heteroatoms. The maximum atomic E-state index is 13.4. The number of likely N-dealkylation sites (tertiary alicyclic amines) is 1. The molecule has 2 amide bonds. The fraction of sp³-hybridized carbons (Fsp3) is 0.435. The minimum Gasteiger partial charge on any atom is -0.364 e. The predicted molar refractivity (Wildman–Crippen MR) is 108 cm³/mol. The summed E-state index contributed by atoms with van der Waals surface area (Å²) in [7, 11) is 1.73. The Kier molecular flexibility index (Phi) is 4.32. The van der Waals surface area contributed by atoms with Gasteiger partial charge in [0.15, 0.2) is 0 Å². The zero-order chi connectivity index (χ0) is 21.0. The van der Waals surface area contributed by atoms with E-state index in [1.54, 1.807) is 18.0 Å². The van der Waals surface area contributed by atoms with Crippen molar-refractivity contribution in [3.05, 3.63) is 65.1 Å². The van der Waals surface area contributed by atoms with Crippen molar-refractivity contribution in [1.29, 1.82) is 0 Å². The van der Waals surface area contributed by atoms with Gasteiger partial charge in [0.1, 0.15) is 17.6 Å². The van der Waals surface area contributed by atoms with E-state index in [2.05, 4.69) is 37.2 Å². The molecule has 0 N–H and O–H groups in total. The van der Waals surface area contributed by atoms with Crippen molar-refractivity contribution >= 4 is 11.8 Å². The largest absolute Gasteiger partial charge is 0.364 e. The topological polar surface area (TPSA) is 75.9 Å². The highest BCUT2D eigenvalue weighted by atomic mass is 16.5. The van der Waals surface area contributed by atoms with Crippen LogP contribution in [0.15, 0.2) is 47.2 Å². The third kappa shape index (κ3) is 2.88. The second-order valence-electron chi connectivity index (χ2n) is 8.70. The summed E-state index contributed by atoms with van der Waals surface area (Å²) in [6.45, 7) is 5.49. The van der Waals surface area contributed by atoms with Crippen molar-refractivity contribution in [2.75, 3.05) is 13.6 Å². The highest BCUT2D eigenvalue weighted by Crippen LogP contribution is 2.52. The average Bonchev–Trinajstić information content (AvgIpc) is 3.47. The summed E-state index contributed by atoms with van der Waals surface area (Å²) in [6, 6.07) is 7.99. The van der Waals surface area contributed by atoms with Crippen LogP contribution in [-0.2, 0) is 27.4 Å². The first-order chi connectivity index (χ1) is 14.4. The molecule has 0 saturated carbocycles. The van der Waals surface area contributed by atoms with E-state index in [4.69, 9.17) is 9.26 Å². The van der Waals surface area contributed by atoms with Crippen molar-refractivity contribution in [2.24, 2.45) is 11.8 Å². The van der Waals surface area contributed by atoms with Gasteiger partial charge in [0.25, 0.3) is 0 Å². The number of carbonyl (C=O) groups is 2. The van der Waals surface area contributed by atoms with E-state index in [0.29, 0.717) is 25.3 Å². The van der Waals surface area contributed by atoms with E-state index in [1.165, 1.54) is 17.4 Å². The Morgan fingerprint density at radius 1 is 1.30 bits per heavy atom. The standard InChI is InChI=1S/C23H25N3O4/c1-14-4-5-16(10-15(14)2)11-26-13-23-8-6-18(30-23)19(20(23)22(26)28)21(27)25(3)12-17-7-9-29-24-17/h4-10,18-20H,11-13H2,1-3H3/t18-,19+,20+,23-/m0/s1. The van der Waals surface area contributed by atoms with Gasteiger partial charge in [0, 0.05) is 19.7 Å². The number of fused-ring (bicyclic) bond motifs is 1. The molecule has 2 fully saturated rings. The predicted octanol–water partition coefficient (Wildman–Crippen LogP) is 2.23. The van der Waals surface area contributed by atoms with E-state index < -0.39 is 17.4 Å². The molecule has 0 aliphatic carbocycles. The number of amides is 2. The molecule has 4 heterocycles. The van der Waals surface area contributed by atoms with Crippen molar-refractivity contribution in [3.8, 4) is 0 Å². The normalized spacial score (nSPS) is 29.0. The smallest absolute Gasteiger partial charge is 0.230 e. The van der Waals surface area contributed by atoms with Crippen LogP contribution in [0.3, 0.4) is 0 Å². The highest BCUT2D eigenvalue weighted by Gasteiger charge is 2.67. The molecule has 7 nitrogen and oxygen atoms in total. The van der Waals surface area contributed by atoms with E-state index in [1.807, 2.05) is 17.1 Å². The number of rotatable bonds is 5. The fourth-order valence-corrected chi connectivity index (χ4v) is 5.01. The first kappa shape index (κ1) is 19.1. The molecule has 2 saturated heterocycles. The first-order valence-electron chi connectivity index (χ1n) is 10.2. The second kappa shape index (κ2) is 6.80. The third-order valence-corrected chi connectivity index (χ3v) is 6.68. The Bertz CT molecular complexity index is 1030. The van der Waals surface area contributed by atoms with Crippen LogP contribution in [0.2, 0.25) is 0 Å². The van der Waals surface area contributed by atoms with Gasteiger partial charge in [-0.2, -0.15) is 0 Å². The van der Waals surface area contributed by atoms with Crippen LogP contribution >= 0.6 is 0 Å². The van der Waals surface area contributed by atoms with E-state index in [0.717, 1.165) is 5.56 Å². The van der Waals surface area contributed by atoms with Crippen LogP contribution in [0.25, 0.3) is 0 Å². The molecule has 1 aromatic heterocycles. The van der Waals surface area contributed by atoms with Gasteiger partial charge < -0.3 is 19.1 Å². The summed E-state index contributed by atoms with van der Waals surface area (Å²) in [6.07, 6.45) is 5.06. The van der Waals surface area contributed by atoms with Gasteiger partial charge in [-0.3, -0.25) is 9.59 Å². The van der Waals surface area contributed by atoms with Crippen molar-refractivity contribution in [3.63, 3.8) is 0 Å². The summed E-state index contributed by atoms with van der Waals surface area (Å²) in [5.74, 6) is -1.09. The summed E-state index contributed by atoms with van der Waals surface area (Å²) in [4.78, 5) is 30.1. The number of aryl methyl sites for hydroxylation is 2. The minimum atomic E-state index is -0.698. The van der Waals surface area contributed by atoms with Gasteiger partial charge in [-0.25, -0.2) is 0 Å². The third-order valence-electron chi connectivity index (χ3n) is 6.68. The number of hydrogen-bond acceptors (Lipinski definition) is 5. The maximum Gasteiger partial charge on any atom is 0.230 e. The summed E-state index contributed by atoms with van der Waals surface area (Å²) >= 11 is 0. The number of aromatic nitrogens is 1. The van der Waals surface area contributed by atoms with Crippen molar-refractivity contribution in [1.82, 2.24) is 15.0 Å². The van der Waals surface area contributed by atoms with Gasteiger partial charge in [0.05, 0.1) is 31.0 Å². The molecule has 2 bridgehead atoms. The monoisotopic (exact) mass is 407 g/mol. The quantitative estimate of drug-likeness (QED) is 0.711. The highest BCUT2D eigenvalue weighted by molar-refractivity contribution is 5.93. The lowest BCUT2D eigenvalue weighted by Crippen LogP contribution is -2.44. The second-order valence-corrected chi connectivity index (χ2v) is 8.70. The number of benzene rings is 1. The minimum absolute atomic E-state index is 0.00624. The molecule has 156 valence electrons. The summed E-state index contributed by atoms with van der Waals surface area (Å²) < 4.78 is 11.1. The summed E-state index contributed by atoms with van der Waals surface area (Å²) in [5, 5.41) is 3.88. The van der Waals surface area contributed by atoms with Gasteiger partial charge in [-0.15, -0.1) is 0 Å². The molecule has 30 heavy (non-hydrogen) atoms. The van der Waals surface area contributed by atoms with Crippen LogP contribution in [0.5, 0.6) is 0 Å². The molecule has 5 rings (SSSR count). The summed E-state index contributed by atoms with van der Waals surface area (Å²) in [5.41, 5.74) is 3.50. The molecule has 0 unspecified atom stereocenters. The zero-order valence-electron chi connectivity index (χ0n) is 17.4. The molecule has 3 aliphatic heterocycles. The Balaban J connectivity index is 1.36. The lowest BCUT2D eigenvalue weighted by atomic mass is 9.76. The van der Waals surface area contributed by atoms with Crippen LogP contribution < -0.4 is 0 Å². The van der Waals surface area contributed by atoms with E-state index in [-0.39, 0.29) is 17.9 Å². The van der Waals surface area contributed by atoms with E-state index in [9.17, 15) is 9.59 Å². The molecular weight excluding hydrogens is 382 g/mol. The first-order valence-corrected chi connectivity index (χ1v) is 10.2. The Labute approximate surface area is 175 Å². The Hall–Kier alpha value is -2.93. The van der Waals surface area contributed by atoms with Crippen LogP contribution in [0.1, 0.15) is 22.4 Å². The number of hydrogen-bond donors (Lipinski definition) is 0. The van der Waals surface area contributed by atoms with Crippen LogP contribution in [0, 0.1) is 25.7 Å².